The van der Waals surface area contributed by atoms with Crippen LogP contribution in [0, 0.1) is 0 Å². The number of thiophene rings is 1. The van der Waals surface area contributed by atoms with Crippen molar-refractivity contribution >= 4 is 33.2 Å². The Morgan fingerprint density at radius 1 is 1.30 bits per heavy atom. The molecule has 1 amide bonds. The van der Waals surface area contributed by atoms with Gasteiger partial charge >= 0.3 is 0 Å². The maximum atomic E-state index is 12.3. The summed E-state index contributed by atoms with van der Waals surface area (Å²) in [5.74, 6) is -0.328. The van der Waals surface area contributed by atoms with Gasteiger partial charge in [-0.05, 0) is 39.7 Å². The number of aromatic nitrogens is 2. The number of amides is 1. The third-order valence-electron chi connectivity index (χ3n) is 3.34. The molecular formula is C16H14BrN3O2S. The first-order chi connectivity index (χ1) is 11.2. The highest BCUT2D eigenvalue weighted by Crippen LogP contribution is 2.30. The smallest absolute Gasteiger partial charge is 0.272 e. The van der Waals surface area contributed by atoms with Crippen LogP contribution < -0.4 is 5.32 Å². The number of hydrogen-bond acceptors (Lipinski definition) is 4. The molecule has 0 fully saturated rings. The molecule has 0 aliphatic heterocycles. The van der Waals surface area contributed by atoms with Crippen LogP contribution in [0.3, 0.4) is 0 Å². The van der Waals surface area contributed by atoms with Gasteiger partial charge in [-0.3, -0.25) is 9.89 Å². The number of carbonyl (C=O) groups is 1. The second-order valence-corrected chi connectivity index (χ2v) is 7.35. The minimum atomic E-state index is -0.459. The van der Waals surface area contributed by atoms with Crippen molar-refractivity contribution in [2.24, 2.45) is 0 Å². The molecule has 118 valence electrons. The summed E-state index contributed by atoms with van der Waals surface area (Å²) in [6.07, 6.45) is 0. The van der Waals surface area contributed by atoms with Gasteiger partial charge < -0.3 is 10.4 Å². The van der Waals surface area contributed by atoms with Crippen molar-refractivity contribution in [1.82, 2.24) is 15.5 Å². The summed E-state index contributed by atoms with van der Waals surface area (Å²) in [7, 11) is 0. The van der Waals surface area contributed by atoms with Crippen molar-refractivity contribution in [2.45, 2.75) is 6.04 Å². The highest BCUT2D eigenvalue weighted by Gasteiger charge is 2.17. The van der Waals surface area contributed by atoms with Crippen molar-refractivity contribution in [2.75, 3.05) is 6.61 Å². The molecule has 23 heavy (non-hydrogen) atoms. The van der Waals surface area contributed by atoms with Crippen LogP contribution in [0.4, 0.5) is 0 Å². The summed E-state index contributed by atoms with van der Waals surface area (Å²) in [4.78, 5) is 13.3. The van der Waals surface area contributed by atoms with Gasteiger partial charge in [-0.1, -0.05) is 30.3 Å². The molecule has 3 rings (SSSR count). The molecule has 0 bridgehead atoms. The van der Waals surface area contributed by atoms with Crippen molar-refractivity contribution in [3.05, 3.63) is 63.6 Å². The number of halogens is 1. The number of nitrogens with zero attached hydrogens (tertiary/aromatic N) is 1. The van der Waals surface area contributed by atoms with Crippen LogP contribution in [-0.4, -0.2) is 27.8 Å². The first-order valence-corrected chi connectivity index (χ1v) is 8.56. The number of aromatic amines is 1. The molecule has 0 aliphatic carbocycles. The summed E-state index contributed by atoms with van der Waals surface area (Å²) >= 11 is 4.97. The summed E-state index contributed by atoms with van der Waals surface area (Å²) in [5.41, 5.74) is 1.92. The number of benzene rings is 1. The molecule has 0 unspecified atom stereocenters. The van der Waals surface area contributed by atoms with Crippen LogP contribution in [0.15, 0.2) is 52.3 Å². The molecule has 2 aromatic heterocycles. The highest BCUT2D eigenvalue weighted by atomic mass is 79.9. The van der Waals surface area contributed by atoms with Crippen LogP contribution in [0.2, 0.25) is 0 Å². The standard InChI is InChI=1S/C16H14BrN3O2S/c17-15-7-6-14(23-15)11-8-12(20-19-11)16(22)18-13(9-21)10-4-2-1-3-5-10/h1-8,13,21H,9H2,(H,18,22)(H,19,20)/t13-/m1/s1. The average molecular weight is 392 g/mol. The molecular weight excluding hydrogens is 378 g/mol. The van der Waals surface area contributed by atoms with Crippen LogP contribution in [-0.2, 0) is 0 Å². The molecule has 2 heterocycles. The summed E-state index contributed by atoms with van der Waals surface area (Å²) in [5, 5.41) is 19.2. The maximum Gasteiger partial charge on any atom is 0.272 e. The minimum absolute atomic E-state index is 0.176. The lowest BCUT2D eigenvalue weighted by atomic mass is 10.1. The maximum absolute atomic E-state index is 12.3. The van der Waals surface area contributed by atoms with Crippen molar-refractivity contribution in [3.63, 3.8) is 0 Å². The molecule has 0 saturated heterocycles. The lowest BCUT2D eigenvalue weighted by Crippen LogP contribution is -2.31. The zero-order chi connectivity index (χ0) is 16.2. The number of nitrogens with one attached hydrogen (secondary N) is 2. The Morgan fingerprint density at radius 3 is 2.74 bits per heavy atom. The Morgan fingerprint density at radius 2 is 2.09 bits per heavy atom. The monoisotopic (exact) mass is 391 g/mol. The Hall–Kier alpha value is -1.96. The van der Waals surface area contributed by atoms with Gasteiger partial charge in [0.1, 0.15) is 0 Å². The molecule has 3 N–H and O–H groups in total. The fraction of sp³-hybridized carbons (Fsp3) is 0.125. The molecule has 1 aromatic carbocycles. The van der Waals surface area contributed by atoms with E-state index in [1.165, 1.54) is 0 Å². The molecule has 5 nitrogen and oxygen atoms in total. The molecule has 3 aromatic rings. The van der Waals surface area contributed by atoms with Gasteiger partial charge in [0.15, 0.2) is 5.69 Å². The van der Waals surface area contributed by atoms with Gasteiger partial charge in [0.05, 0.1) is 27.0 Å². The van der Waals surface area contributed by atoms with E-state index in [9.17, 15) is 9.90 Å². The molecule has 0 spiro atoms. The largest absolute Gasteiger partial charge is 0.394 e. The highest BCUT2D eigenvalue weighted by molar-refractivity contribution is 9.11. The summed E-state index contributed by atoms with van der Waals surface area (Å²) in [6.45, 7) is -0.176. The Labute approximate surface area is 145 Å². The van der Waals surface area contributed by atoms with Gasteiger partial charge in [0.2, 0.25) is 0 Å². The van der Waals surface area contributed by atoms with Crippen molar-refractivity contribution < 1.29 is 9.90 Å². The molecule has 7 heteroatoms. The van der Waals surface area contributed by atoms with E-state index in [0.717, 1.165) is 19.9 Å². The number of H-pyrrole nitrogens is 1. The molecule has 0 radical (unpaired) electrons. The second-order valence-electron chi connectivity index (χ2n) is 4.89. The fourth-order valence-corrected chi connectivity index (χ4v) is 3.53. The number of carbonyl (C=O) groups excluding carboxylic acids is 1. The van der Waals surface area contributed by atoms with E-state index in [1.54, 1.807) is 17.4 Å². The first kappa shape index (κ1) is 15.9. The van der Waals surface area contributed by atoms with E-state index in [4.69, 9.17) is 0 Å². The molecule has 0 saturated carbocycles. The van der Waals surface area contributed by atoms with E-state index in [0.29, 0.717) is 5.69 Å². The van der Waals surface area contributed by atoms with Crippen LogP contribution in [0.1, 0.15) is 22.1 Å². The summed E-state index contributed by atoms with van der Waals surface area (Å²) < 4.78 is 1.01. The molecule has 0 aliphatic rings. The van der Waals surface area contributed by atoms with Gasteiger partial charge in [-0.25, -0.2) is 0 Å². The molecule has 1 atom stereocenters. The van der Waals surface area contributed by atoms with Crippen molar-refractivity contribution in [3.8, 4) is 10.6 Å². The van der Waals surface area contributed by atoms with Gasteiger partial charge in [-0.2, -0.15) is 5.10 Å². The number of hydrogen-bond donors (Lipinski definition) is 3. The van der Waals surface area contributed by atoms with Gasteiger partial charge in [0, 0.05) is 0 Å². The third kappa shape index (κ3) is 3.69. The zero-order valence-corrected chi connectivity index (χ0v) is 14.4. The first-order valence-electron chi connectivity index (χ1n) is 6.95. The minimum Gasteiger partial charge on any atom is -0.394 e. The normalized spacial score (nSPS) is 12.1. The van der Waals surface area contributed by atoms with E-state index in [2.05, 4.69) is 31.4 Å². The lowest BCUT2D eigenvalue weighted by Gasteiger charge is -2.15. The Kier molecular flexibility index (Phi) is 4.90. The van der Waals surface area contributed by atoms with Gasteiger partial charge in [-0.15, -0.1) is 11.3 Å². The Balaban J connectivity index is 1.74. The third-order valence-corrected chi connectivity index (χ3v) is 5.00. The average Bonchev–Trinajstić information content (AvgIpc) is 3.22. The van der Waals surface area contributed by atoms with Crippen LogP contribution >= 0.6 is 27.3 Å². The zero-order valence-electron chi connectivity index (χ0n) is 12.0. The Bertz CT molecular complexity index is 801. The topological polar surface area (TPSA) is 78.0 Å². The van der Waals surface area contributed by atoms with Gasteiger partial charge in [0.25, 0.3) is 5.91 Å². The lowest BCUT2D eigenvalue weighted by molar-refractivity contribution is 0.0911. The predicted octanol–water partition coefficient (Wildman–Crippen LogP) is 3.36. The van der Waals surface area contributed by atoms with E-state index < -0.39 is 6.04 Å². The second kappa shape index (κ2) is 7.08. The summed E-state index contributed by atoms with van der Waals surface area (Å²) in [6, 6.07) is 14.5. The van der Waals surface area contributed by atoms with Crippen molar-refractivity contribution in [1.29, 1.82) is 0 Å². The number of rotatable bonds is 5. The quantitative estimate of drug-likeness (QED) is 0.623. The van der Waals surface area contributed by atoms with Crippen LogP contribution in [0.25, 0.3) is 10.6 Å². The SMILES string of the molecule is O=C(N[C@H](CO)c1ccccc1)c1cc(-c2ccc(Br)s2)[nH]n1. The van der Waals surface area contributed by atoms with E-state index >= 15 is 0 Å². The van der Waals surface area contributed by atoms with Crippen LogP contribution in [0.5, 0.6) is 0 Å². The van der Waals surface area contributed by atoms with E-state index in [-0.39, 0.29) is 12.5 Å². The number of aliphatic hydroxyl groups excluding tert-OH is 1. The predicted molar refractivity (Wildman–Crippen MR) is 93.3 cm³/mol. The fourth-order valence-electron chi connectivity index (χ4n) is 2.18. The number of aliphatic hydroxyl groups is 1. The van der Waals surface area contributed by atoms with E-state index in [1.807, 2.05) is 42.5 Å².